The molecule has 7 heteroatoms. The van der Waals surface area contributed by atoms with Crippen molar-refractivity contribution in [3.05, 3.63) is 26.7 Å². The van der Waals surface area contributed by atoms with Crippen molar-refractivity contribution in [2.24, 2.45) is 21.1 Å². The molecule has 2 heterocycles. The van der Waals surface area contributed by atoms with Crippen LogP contribution in [0.2, 0.25) is 0 Å². The number of rotatable bonds is 1. The van der Waals surface area contributed by atoms with E-state index in [0.29, 0.717) is 23.5 Å². The van der Waals surface area contributed by atoms with Gasteiger partial charge in [-0.1, -0.05) is 5.92 Å². The Hall–Kier alpha value is -2.33. The molecule has 0 amide bonds. The summed E-state index contributed by atoms with van der Waals surface area (Å²) in [5, 5.41) is 0. The van der Waals surface area contributed by atoms with Crippen molar-refractivity contribution < 1.29 is 0 Å². The quantitative estimate of drug-likeness (QED) is 0.619. The summed E-state index contributed by atoms with van der Waals surface area (Å²) in [5.41, 5.74) is -0.0225. The standard InChI is InChI=1S/C13H17N5O2/c1-15(2)8-6-7-9-14-11-10(16(9)3)12(19)18(5)13(20)17(11)4/h8H2,1-5H3. The molecule has 106 valence electrons. The van der Waals surface area contributed by atoms with Crippen LogP contribution >= 0.6 is 0 Å². The lowest BCUT2D eigenvalue weighted by atomic mass is 10.5. The molecule has 0 aromatic carbocycles. The third-order valence-corrected chi connectivity index (χ3v) is 3.07. The maximum absolute atomic E-state index is 12.1. The van der Waals surface area contributed by atoms with Gasteiger partial charge in [0.2, 0.25) is 0 Å². The van der Waals surface area contributed by atoms with Crippen LogP contribution < -0.4 is 11.2 Å². The molecule has 2 aromatic rings. The number of hydrogen-bond acceptors (Lipinski definition) is 4. The molecule has 20 heavy (non-hydrogen) atoms. The summed E-state index contributed by atoms with van der Waals surface area (Å²) in [6.45, 7) is 0.597. The summed E-state index contributed by atoms with van der Waals surface area (Å²) < 4.78 is 4.05. The second kappa shape index (κ2) is 4.98. The minimum atomic E-state index is -0.395. The van der Waals surface area contributed by atoms with E-state index in [1.807, 2.05) is 19.0 Å². The van der Waals surface area contributed by atoms with E-state index in [1.165, 1.54) is 11.6 Å². The average Bonchev–Trinajstić information content (AvgIpc) is 2.71. The van der Waals surface area contributed by atoms with E-state index < -0.39 is 5.69 Å². The zero-order chi connectivity index (χ0) is 15.0. The number of aromatic nitrogens is 4. The first-order valence-electron chi connectivity index (χ1n) is 6.10. The second-order valence-electron chi connectivity index (χ2n) is 4.91. The first-order valence-corrected chi connectivity index (χ1v) is 6.10. The van der Waals surface area contributed by atoms with Gasteiger partial charge in [0.15, 0.2) is 17.0 Å². The molecule has 2 aromatic heterocycles. The Kier molecular flexibility index (Phi) is 3.51. The summed E-state index contributed by atoms with van der Waals surface area (Å²) in [7, 11) is 8.61. The molecule has 0 bridgehead atoms. The second-order valence-corrected chi connectivity index (χ2v) is 4.91. The third kappa shape index (κ3) is 2.14. The predicted molar refractivity (Wildman–Crippen MR) is 76.6 cm³/mol. The van der Waals surface area contributed by atoms with Crippen molar-refractivity contribution >= 4 is 11.2 Å². The van der Waals surface area contributed by atoms with Crippen LogP contribution in [0.5, 0.6) is 0 Å². The highest BCUT2D eigenvalue weighted by Crippen LogP contribution is 2.07. The fourth-order valence-electron chi connectivity index (χ4n) is 1.91. The molecule has 0 aliphatic carbocycles. The van der Waals surface area contributed by atoms with Crippen LogP contribution in [0.15, 0.2) is 9.59 Å². The zero-order valence-electron chi connectivity index (χ0n) is 12.3. The van der Waals surface area contributed by atoms with Crippen molar-refractivity contribution in [2.75, 3.05) is 20.6 Å². The van der Waals surface area contributed by atoms with Crippen molar-refractivity contribution in [1.82, 2.24) is 23.6 Å². The molecule has 0 saturated heterocycles. The van der Waals surface area contributed by atoms with E-state index in [1.54, 1.807) is 18.7 Å². The van der Waals surface area contributed by atoms with E-state index >= 15 is 0 Å². The predicted octanol–water partition coefficient (Wildman–Crippen LogP) is -1.12. The van der Waals surface area contributed by atoms with Crippen LogP contribution in [0.1, 0.15) is 5.82 Å². The van der Waals surface area contributed by atoms with E-state index in [2.05, 4.69) is 16.8 Å². The van der Waals surface area contributed by atoms with Gasteiger partial charge in [0, 0.05) is 21.1 Å². The molecule has 0 fully saturated rings. The summed E-state index contributed by atoms with van der Waals surface area (Å²) >= 11 is 0. The molecule has 0 radical (unpaired) electrons. The van der Waals surface area contributed by atoms with E-state index in [4.69, 9.17) is 0 Å². The van der Waals surface area contributed by atoms with Gasteiger partial charge in [0.25, 0.3) is 5.56 Å². The zero-order valence-corrected chi connectivity index (χ0v) is 12.3. The molecule has 0 saturated carbocycles. The van der Waals surface area contributed by atoms with Gasteiger partial charge in [-0.25, -0.2) is 9.78 Å². The Balaban J connectivity index is 2.73. The molecular formula is C13H17N5O2. The monoisotopic (exact) mass is 275 g/mol. The van der Waals surface area contributed by atoms with Gasteiger partial charge in [0.05, 0.1) is 6.54 Å². The number of aryl methyl sites for hydroxylation is 2. The highest BCUT2D eigenvalue weighted by Gasteiger charge is 2.15. The van der Waals surface area contributed by atoms with Gasteiger partial charge in [-0.2, -0.15) is 0 Å². The number of hydrogen-bond donors (Lipinski definition) is 0. The van der Waals surface area contributed by atoms with Gasteiger partial charge < -0.3 is 4.57 Å². The lowest BCUT2D eigenvalue weighted by Crippen LogP contribution is -2.37. The number of nitrogens with zero attached hydrogens (tertiary/aromatic N) is 5. The van der Waals surface area contributed by atoms with Crippen LogP contribution in [-0.2, 0) is 21.1 Å². The summed E-state index contributed by atoms with van der Waals surface area (Å²) in [6.07, 6.45) is 0. The highest BCUT2D eigenvalue weighted by molar-refractivity contribution is 5.71. The highest BCUT2D eigenvalue weighted by atomic mass is 16.2. The van der Waals surface area contributed by atoms with Crippen LogP contribution in [-0.4, -0.2) is 44.2 Å². The lowest BCUT2D eigenvalue weighted by Gasteiger charge is -2.02. The van der Waals surface area contributed by atoms with Gasteiger partial charge >= 0.3 is 5.69 Å². The molecule has 0 aliphatic rings. The van der Waals surface area contributed by atoms with Gasteiger partial charge in [-0.3, -0.25) is 18.8 Å². The van der Waals surface area contributed by atoms with Crippen molar-refractivity contribution in [1.29, 1.82) is 0 Å². The van der Waals surface area contributed by atoms with Crippen molar-refractivity contribution in [2.45, 2.75) is 0 Å². The molecule has 2 rings (SSSR count). The average molecular weight is 275 g/mol. The van der Waals surface area contributed by atoms with Crippen molar-refractivity contribution in [3.8, 4) is 11.8 Å². The fourth-order valence-corrected chi connectivity index (χ4v) is 1.91. The van der Waals surface area contributed by atoms with E-state index in [0.717, 1.165) is 4.57 Å². The van der Waals surface area contributed by atoms with Crippen LogP contribution in [0.3, 0.4) is 0 Å². The van der Waals surface area contributed by atoms with E-state index in [-0.39, 0.29) is 5.56 Å². The molecule has 0 spiro atoms. The molecule has 0 N–H and O–H groups in total. The molecule has 7 nitrogen and oxygen atoms in total. The number of imidazole rings is 1. The minimum Gasteiger partial charge on any atom is -0.315 e. The van der Waals surface area contributed by atoms with E-state index in [9.17, 15) is 9.59 Å². The van der Waals surface area contributed by atoms with Crippen LogP contribution in [0, 0.1) is 11.8 Å². The van der Waals surface area contributed by atoms with Gasteiger partial charge in [-0.05, 0) is 20.0 Å². The summed E-state index contributed by atoms with van der Waals surface area (Å²) in [5.74, 6) is 6.36. The maximum Gasteiger partial charge on any atom is 0.332 e. The van der Waals surface area contributed by atoms with Gasteiger partial charge in [-0.15, -0.1) is 0 Å². The lowest BCUT2D eigenvalue weighted by molar-refractivity contribution is 0.464. The minimum absolute atomic E-state index is 0.356. The molecular weight excluding hydrogens is 258 g/mol. The van der Waals surface area contributed by atoms with Crippen molar-refractivity contribution in [3.63, 3.8) is 0 Å². The topological polar surface area (TPSA) is 65.1 Å². The smallest absolute Gasteiger partial charge is 0.315 e. The fraction of sp³-hybridized carbons (Fsp3) is 0.462. The summed E-state index contributed by atoms with van der Waals surface area (Å²) in [4.78, 5) is 30.2. The largest absolute Gasteiger partial charge is 0.332 e. The Labute approximate surface area is 116 Å². The third-order valence-electron chi connectivity index (χ3n) is 3.07. The maximum atomic E-state index is 12.1. The first kappa shape index (κ1) is 14.1. The molecule has 0 unspecified atom stereocenters. The Morgan fingerprint density at radius 1 is 1.10 bits per heavy atom. The molecule has 0 aliphatic heterocycles. The Morgan fingerprint density at radius 3 is 2.35 bits per heavy atom. The molecule has 0 atom stereocenters. The SMILES string of the molecule is CN(C)CC#Cc1nc2c(c(=O)n(C)c(=O)n2C)n1C. The normalized spacial score (nSPS) is 10.9. The first-order chi connectivity index (χ1) is 9.34. The van der Waals surface area contributed by atoms with Crippen LogP contribution in [0.4, 0.5) is 0 Å². The van der Waals surface area contributed by atoms with Crippen LogP contribution in [0.25, 0.3) is 11.2 Å². The Bertz CT molecular complexity index is 842. The summed E-state index contributed by atoms with van der Waals surface area (Å²) in [6, 6.07) is 0. The van der Waals surface area contributed by atoms with Gasteiger partial charge in [0.1, 0.15) is 0 Å². The Morgan fingerprint density at radius 2 is 1.75 bits per heavy atom. The number of fused-ring (bicyclic) bond motifs is 1.